The summed E-state index contributed by atoms with van der Waals surface area (Å²) in [6.07, 6.45) is -1.29. The Bertz CT molecular complexity index is 1030. The number of cyclic esters (lactones) is 1. The standard InChI is InChI=1S/C17H11FNO6.4Sn.9H/c18-9-3-1-8(2-4-9)13-14-10(5-24-7-12(14)20)19(17(22)23)11-6-25-16(21)15(11)13;;;;;;;;;;;;;/h1-3,13H,5-7H2,(H,22,23);;;;;;;;;;;;;/t13-;;;;;;;;;;;;;/m1............./s1. The molecule has 0 bridgehead atoms. The molecule has 152 valence electrons. The number of ketones is 1. The van der Waals surface area contributed by atoms with Crippen molar-refractivity contribution >= 4 is 83.7 Å². The first-order valence-electron chi connectivity index (χ1n) is 9.18. The van der Waals surface area contributed by atoms with Gasteiger partial charge < -0.3 is 0 Å². The van der Waals surface area contributed by atoms with Crippen LogP contribution >= 0.6 is 0 Å². The monoisotopic (exact) mass is 833 g/mol. The van der Waals surface area contributed by atoms with Crippen LogP contribution in [0, 0.1) is 5.82 Å². The molecule has 1 aromatic carbocycles. The molecule has 0 aliphatic carbocycles. The third kappa shape index (κ3) is 3.93. The number of ether oxygens (including phenoxy) is 2. The van der Waals surface area contributed by atoms with Crippen LogP contribution in [-0.2, 0) is 19.1 Å². The van der Waals surface area contributed by atoms with Gasteiger partial charge in [-0.15, -0.1) is 0 Å². The normalized spacial score (nSPS) is 23.9. The minimum absolute atomic E-state index is 0.0369. The summed E-state index contributed by atoms with van der Waals surface area (Å²) < 4.78 is 26.0. The predicted octanol–water partition coefficient (Wildman–Crippen LogP) is -3.19. The van der Waals surface area contributed by atoms with Crippen molar-refractivity contribution in [1.29, 1.82) is 0 Å². The first-order chi connectivity index (χ1) is 13.6. The Hall–Kier alpha value is 0.195. The Morgan fingerprint density at radius 2 is 1.83 bits per heavy atom. The van der Waals surface area contributed by atoms with Gasteiger partial charge in [-0.2, -0.15) is 0 Å². The predicted molar refractivity (Wildman–Crippen MR) is 115 cm³/mol. The second kappa shape index (κ2) is 8.28. The summed E-state index contributed by atoms with van der Waals surface area (Å²) in [5.74, 6) is -1.84. The molecule has 7 nitrogen and oxygen atoms in total. The van der Waals surface area contributed by atoms with Crippen LogP contribution in [0.4, 0.5) is 9.18 Å². The Kier molecular flexibility index (Phi) is 6.39. The van der Waals surface area contributed by atoms with Crippen LogP contribution in [0.3, 0.4) is 0 Å². The third-order valence-corrected chi connectivity index (χ3v) is 42.0. The van der Waals surface area contributed by atoms with E-state index < -0.39 is 24.5 Å². The van der Waals surface area contributed by atoms with Gasteiger partial charge in [0.05, 0.1) is 0 Å². The van der Waals surface area contributed by atoms with Gasteiger partial charge in [-0.05, 0) is 0 Å². The number of nitrogens with zero attached hydrogens (tertiary/aromatic N) is 1. The van der Waals surface area contributed by atoms with E-state index >= 15 is 0 Å². The Morgan fingerprint density at radius 3 is 2.48 bits per heavy atom. The molecule has 0 saturated carbocycles. The molecule has 0 radical (unpaired) electrons. The first kappa shape index (κ1) is 22.4. The van der Waals surface area contributed by atoms with E-state index in [2.05, 4.69) is 0 Å². The van der Waals surface area contributed by atoms with Gasteiger partial charge in [0.1, 0.15) is 0 Å². The number of rotatable bonds is 2. The van der Waals surface area contributed by atoms with Crippen LogP contribution in [0.5, 0.6) is 0 Å². The Balaban J connectivity index is 1.98. The van der Waals surface area contributed by atoms with Crippen molar-refractivity contribution in [3.05, 3.63) is 52.1 Å². The van der Waals surface area contributed by atoms with Crippen molar-refractivity contribution in [2.24, 2.45) is 0 Å². The van der Waals surface area contributed by atoms with E-state index in [0.29, 0.717) is 61.3 Å². The van der Waals surface area contributed by atoms with Crippen LogP contribution in [-0.4, -0.2) is 110 Å². The molecule has 1 amide bonds. The molecule has 3 aliphatic rings. The molecule has 1 aromatic rings. The zero-order valence-electron chi connectivity index (χ0n) is 16.2. The van der Waals surface area contributed by atoms with Gasteiger partial charge in [0.25, 0.3) is 0 Å². The molecule has 3 aliphatic heterocycles. The maximum atomic E-state index is 14.6. The van der Waals surface area contributed by atoms with Crippen molar-refractivity contribution in [1.82, 2.24) is 4.90 Å². The van der Waals surface area contributed by atoms with E-state index in [1.165, 1.54) is 6.07 Å². The molecule has 0 fully saturated rings. The molecular weight excluding hydrogens is 808 g/mol. The number of hydrogen-bond acceptors (Lipinski definition) is 5. The molecule has 4 rings (SSSR count). The van der Waals surface area contributed by atoms with Crippen molar-refractivity contribution < 1.29 is 33.4 Å². The third-order valence-electron chi connectivity index (χ3n) is 5.39. The number of carbonyl (C=O) groups excluding carboxylic acids is 2. The van der Waals surface area contributed by atoms with E-state index in [0.717, 1.165) is 8.48 Å². The van der Waals surface area contributed by atoms with E-state index in [4.69, 9.17) is 9.47 Å². The summed E-state index contributed by atoms with van der Waals surface area (Å²) in [4.78, 5) is 38.3. The summed E-state index contributed by atoms with van der Waals surface area (Å²) in [6, 6.07) is 4.98. The zero-order valence-corrected chi connectivity index (χ0v) is 36.2. The Morgan fingerprint density at radius 1 is 1.14 bits per heavy atom. The molecule has 3 heterocycles. The topological polar surface area (TPSA) is 93.1 Å². The van der Waals surface area contributed by atoms with E-state index in [1.54, 1.807) is 6.07 Å². The van der Waals surface area contributed by atoms with E-state index in [-0.39, 0.29) is 54.0 Å². The van der Waals surface area contributed by atoms with Gasteiger partial charge in [-0.25, -0.2) is 0 Å². The summed E-state index contributed by atoms with van der Waals surface area (Å²) in [6.45, 7) is -2.59. The average molecular weight is 828 g/mol. The van der Waals surface area contributed by atoms with Crippen LogP contribution in [0.1, 0.15) is 11.5 Å². The molecular formula is C17H20FNO6Sn4. The fourth-order valence-corrected chi connectivity index (χ4v) is 30.1. The van der Waals surface area contributed by atoms with Gasteiger partial charge in [-0.3, -0.25) is 0 Å². The number of carbonyl (C=O) groups is 3. The van der Waals surface area contributed by atoms with Gasteiger partial charge in [0.15, 0.2) is 0 Å². The van der Waals surface area contributed by atoms with Gasteiger partial charge in [0.2, 0.25) is 0 Å². The second-order valence-corrected chi connectivity index (χ2v) is 494. The van der Waals surface area contributed by atoms with Crippen molar-refractivity contribution in [3.63, 3.8) is 0 Å². The van der Waals surface area contributed by atoms with Crippen LogP contribution in [0.2, 0.25) is 0 Å². The molecule has 1 atom stereocenters. The summed E-state index contributed by atoms with van der Waals surface area (Å²) in [5, 5.41) is 9.74. The molecule has 1 N–H and O–H groups in total. The quantitative estimate of drug-likeness (QED) is 0.250. The fraction of sp³-hybridized carbons (Fsp3) is 0.235. The zero-order chi connectivity index (χ0) is 21.1. The number of amides is 1. The second-order valence-electron chi connectivity index (χ2n) is 8.25. The SMILES string of the molecule is O=C1COCC2=C1[C@@H](c1ccc(F)[c]([Sn]([SnH3])([SnH3])[SnH3])c1)C1=C(COC1=O)N2C(=O)O. The number of esters is 1. The van der Waals surface area contributed by atoms with Crippen molar-refractivity contribution in [2.75, 3.05) is 19.8 Å². The number of benzene rings is 1. The van der Waals surface area contributed by atoms with E-state index in [9.17, 15) is 23.9 Å². The van der Waals surface area contributed by atoms with Crippen LogP contribution < -0.4 is 3.58 Å². The number of hydrogen-bond donors (Lipinski definition) is 1. The summed E-state index contributed by atoms with van der Waals surface area (Å²) in [5.41, 5.74) is 1.59. The molecule has 0 unspecified atom stereocenters. The molecule has 0 saturated heterocycles. The average Bonchev–Trinajstić information content (AvgIpc) is 3.01. The fourth-order valence-electron chi connectivity index (χ4n) is 4.11. The van der Waals surface area contributed by atoms with Gasteiger partial charge in [-0.1, -0.05) is 0 Å². The number of carboxylic acid groups (broad SMARTS) is 1. The number of Topliss-reactive ketones (excluding diaryl/α,β-unsaturated/α-hetero) is 1. The first-order valence-corrected chi connectivity index (χ1v) is 76.6. The summed E-state index contributed by atoms with van der Waals surface area (Å²) >= 11 is 1.46. The van der Waals surface area contributed by atoms with E-state index in [1.807, 2.05) is 6.07 Å². The van der Waals surface area contributed by atoms with Crippen LogP contribution in [0.15, 0.2) is 40.7 Å². The Labute approximate surface area is 197 Å². The molecule has 12 heteroatoms. The van der Waals surface area contributed by atoms with Crippen LogP contribution in [0.25, 0.3) is 0 Å². The molecule has 29 heavy (non-hydrogen) atoms. The minimum atomic E-state index is -2.21. The van der Waals surface area contributed by atoms with Gasteiger partial charge >= 0.3 is 200 Å². The van der Waals surface area contributed by atoms with Crippen molar-refractivity contribution in [3.8, 4) is 0 Å². The van der Waals surface area contributed by atoms with Crippen molar-refractivity contribution in [2.45, 2.75) is 5.92 Å². The maximum absolute atomic E-state index is 14.6. The molecule has 0 aromatic heterocycles. The number of halogens is 1. The summed E-state index contributed by atoms with van der Waals surface area (Å²) in [7, 11) is 0. The molecule has 0 spiro atoms. The van der Waals surface area contributed by atoms with Gasteiger partial charge in [0, 0.05) is 0 Å².